The number of hydrogen-bond donors (Lipinski definition) is 1. The minimum atomic E-state index is -1.12. The molecule has 116 valence electrons. The van der Waals surface area contributed by atoms with Crippen molar-refractivity contribution in [3.05, 3.63) is 96.1 Å². The van der Waals surface area contributed by atoms with Crippen LogP contribution in [0.5, 0.6) is 0 Å². The van der Waals surface area contributed by atoms with Crippen LogP contribution in [0.3, 0.4) is 0 Å². The van der Waals surface area contributed by atoms with Gasteiger partial charge in [-0.25, -0.2) is 4.98 Å². The molecular formula is C20H20N2O. The molecule has 3 nitrogen and oxygen atoms in total. The Morgan fingerprint density at radius 1 is 1.00 bits per heavy atom. The van der Waals surface area contributed by atoms with Crippen molar-refractivity contribution in [2.75, 3.05) is 0 Å². The minimum absolute atomic E-state index is 0.401. The average Bonchev–Trinajstić information content (AvgIpc) is 3.03. The van der Waals surface area contributed by atoms with E-state index in [9.17, 15) is 5.11 Å². The molecule has 0 fully saturated rings. The summed E-state index contributed by atoms with van der Waals surface area (Å²) in [5, 5.41) is 11.5. The molecule has 3 rings (SSSR count). The SMILES string of the molecule is C/C=C/n1ccnc1CC(O)(c1ccccc1)c1ccccc1. The van der Waals surface area contributed by atoms with E-state index in [1.54, 1.807) is 6.20 Å². The molecular weight excluding hydrogens is 284 g/mol. The molecule has 0 saturated heterocycles. The van der Waals surface area contributed by atoms with Gasteiger partial charge in [0.1, 0.15) is 11.4 Å². The van der Waals surface area contributed by atoms with Gasteiger partial charge in [-0.1, -0.05) is 66.7 Å². The fraction of sp³-hybridized carbons (Fsp3) is 0.150. The van der Waals surface area contributed by atoms with E-state index in [4.69, 9.17) is 0 Å². The summed E-state index contributed by atoms with van der Waals surface area (Å²) in [4.78, 5) is 4.42. The maximum atomic E-state index is 11.5. The first-order valence-corrected chi connectivity index (χ1v) is 7.72. The van der Waals surface area contributed by atoms with Gasteiger partial charge in [0.15, 0.2) is 0 Å². The van der Waals surface area contributed by atoms with E-state index >= 15 is 0 Å². The standard InChI is InChI=1S/C20H20N2O/c1-2-14-22-15-13-21-19(22)16-20(23,17-9-5-3-6-10-17)18-11-7-4-8-12-18/h2-15,23H,16H2,1H3/b14-2+. The molecule has 0 aliphatic heterocycles. The monoisotopic (exact) mass is 304 g/mol. The lowest BCUT2D eigenvalue weighted by Crippen LogP contribution is -2.31. The molecule has 0 unspecified atom stereocenters. The number of aliphatic hydroxyl groups is 1. The summed E-state index contributed by atoms with van der Waals surface area (Å²) in [6.45, 7) is 1.96. The Labute approximate surface area is 136 Å². The smallest absolute Gasteiger partial charge is 0.122 e. The third kappa shape index (κ3) is 3.10. The average molecular weight is 304 g/mol. The molecule has 1 N–H and O–H groups in total. The summed E-state index contributed by atoms with van der Waals surface area (Å²) in [7, 11) is 0. The molecule has 3 heteroatoms. The second kappa shape index (κ2) is 6.63. The number of allylic oxidation sites excluding steroid dienone is 1. The Morgan fingerprint density at radius 2 is 1.57 bits per heavy atom. The fourth-order valence-corrected chi connectivity index (χ4v) is 2.80. The van der Waals surface area contributed by atoms with E-state index in [1.165, 1.54) is 0 Å². The van der Waals surface area contributed by atoms with Crippen molar-refractivity contribution in [3.63, 3.8) is 0 Å². The number of aromatic nitrogens is 2. The van der Waals surface area contributed by atoms with E-state index in [1.807, 2.05) is 90.6 Å². The van der Waals surface area contributed by atoms with E-state index < -0.39 is 5.60 Å². The molecule has 3 aromatic rings. The highest BCUT2D eigenvalue weighted by Gasteiger charge is 2.33. The third-order valence-corrected chi connectivity index (χ3v) is 3.98. The van der Waals surface area contributed by atoms with Crippen LogP contribution in [0.15, 0.2) is 79.1 Å². The quantitative estimate of drug-likeness (QED) is 0.777. The first-order chi connectivity index (χ1) is 11.2. The molecule has 0 aliphatic rings. The number of nitrogens with zero attached hydrogens (tertiary/aromatic N) is 2. The molecule has 1 aromatic heterocycles. The second-order valence-corrected chi connectivity index (χ2v) is 5.50. The summed E-state index contributed by atoms with van der Waals surface area (Å²) in [5.41, 5.74) is 0.607. The van der Waals surface area contributed by atoms with Crippen LogP contribution in [0.4, 0.5) is 0 Å². The van der Waals surface area contributed by atoms with Gasteiger partial charge in [-0.3, -0.25) is 0 Å². The van der Waals surface area contributed by atoms with Crippen molar-refractivity contribution >= 4 is 6.20 Å². The third-order valence-electron chi connectivity index (χ3n) is 3.98. The Balaban J connectivity index is 2.08. The predicted molar refractivity (Wildman–Crippen MR) is 92.8 cm³/mol. The van der Waals surface area contributed by atoms with Crippen molar-refractivity contribution in [2.45, 2.75) is 18.9 Å². The van der Waals surface area contributed by atoms with Gasteiger partial charge in [-0.05, 0) is 18.1 Å². The number of imidazole rings is 1. The normalized spacial score (nSPS) is 11.9. The van der Waals surface area contributed by atoms with Gasteiger partial charge in [0.2, 0.25) is 0 Å². The summed E-state index contributed by atoms with van der Waals surface area (Å²) < 4.78 is 1.94. The summed E-state index contributed by atoms with van der Waals surface area (Å²) in [6.07, 6.45) is 7.95. The number of benzene rings is 2. The maximum absolute atomic E-state index is 11.5. The van der Waals surface area contributed by atoms with Crippen molar-refractivity contribution in [1.29, 1.82) is 0 Å². The Morgan fingerprint density at radius 3 is 2.09 bits per heavy atom. The van der Waals surface area contributed by atoms with Crippen LogP contribution in [0, 0.1) is 0 Å². The number of hydrogen-bond acceptors (Lipinski definition) is 2. The molecule has 0 atom stereocenters. The molecule has 0 radical (unpaired) electrons. The molecule has 2 aromatic carbocycles. The summed E-state index contributed by atoms with van der Waals surface area (Å²) in [5.74, 6) is 0.818. The highest BCUT2D eigenvalue weighted by molar-refractivity contribution is 5.38. The van der Waals surface area contributed by atoms with Gasteiger partial charge >= 0.3 is 0 Å². The largest absolute Gasteiger partial charge is 0.380 e. The first-order valence-electron chi connectivity index (χ1n) is 7.72. The predicted octanol–water partition coefficient (Wildman–Crippen LogP) is 3.85. The zero-order valence-electron chi connectivity index (χ0n) is 13.1. The lowest BCUT2D eigenvalue weighted by atomic mass is 9.83. The Hall–Kier alpha value is -2.65. The molecule has 0 bridgehead atoms. The zero-order valence-corrected chi connectivity index (χ0v) is 13.1. The van der Waals surface area contributed by atoms with Gasteiger partial charge in [0, 0.05) is 25.0 Å². The fourth-order valence-electron chi connectivity index (χ4n) is 2.80. The van der Waals surface area contributed by atoms with E-state index in [0.717, 1.165) is 17.0 Å². The van der Waals surface area contributed by atoms with Gasteiger partial charge in [0.25, 0.3) is 0 Å². The number of rotatable bonds is 5. The molecule has 0 aliphatic carbocycles. The van der Waals surface area contributed by atoms with E-state index in [-0.39, 0.29) is 0 Å². The van der Waals surface area contributed by atoms with E-state index in [0.29, 0.717) is 6.42 Å². The van der Waals surface area contributed by atoms with Crippen LogP contribution in [0.25, 0.3) is 6.20 Å². The van der Waals surface area contributed by atoms with Crippen molar-refractivity contribution in [3.8, 4) is 0 Å². The lowest BCUT2D eigenvalue weighted by molar-refractivity contribution is 0.0786. The van der Waals surface area contributed by atoms with Gasteiger partial charge in [-0.2, -0.15) is 0 Å². The van der Waals surface area contributed by atoms with Crippen LogP contribution >= 0.6 is 0 Å². The summed E-state index contributed by atoms with van der Waals surface area (Å²) in [6, 6.07) is 19.5. The van der Waals surface area contributed by atoms with Gasteiger partial charge in [0.05, 0.1) is 0 Å². The zero-order chi connectivity index (χ0) is 16.1. The van der Waals surface area contributed by atoms with Gasteiger partial charge < -0.3 is 9.67 Å². The van der Waals surface area contributed by atoms with Crippen LogP contribution in [0.2, 0.25) is 0 Å². The van der Waals surface area contributed by atoms with E-state index in [2.05, 4.69) is 4.98 Å². The van der Waals surface area contributed by atoms with Crippen LogP contribution in [0.1, 0.15) is 23.9 Å². The molecule has 0 amide bonds. The van der Waals surface area contributed by atoms with Gasteiger partial charge in [-0.15, -0.1) is 0 Å². The lowest BCUT2D eigenvalue weighted by Gasteiger charge is -2.29. The van der Waals surface area contributed by atoms with Crippen molar-refractivity contribution in [1.82, 2.24) is 9.55 Å². The minimum Gasteiger partial charge on any atom is -0.380 e. The van der Waals surface area contributed by atoms with Crippen LogP contribution in [-0.4, -0.2) is 14.7 Å². The van der Waals surface area contributed by atoms with Crippen LogP contribution in [-0.2, 0) is 12.0 Å². The summed E-state index contributed by atoms with van der Waals surface area (Å²) >= 11 is 0. The topological polar surface area (TPSA) is 38.0 Å². The second-order valence-electron chi connectivity index (χ2n) is 5.50. The van der Waals surface area contributed by atoms with Crippen molar-refractivity contribution < 1.29 is 5.11 Å². The molecule has 0 spiro atoms. The van der Waals surface area contributed by atoms with Crippen molar-refractivity contribution in [2.24, 2.45) is 0 Å². The highest BCUT2D eigenvalue weighted by Crippen LogP contribution is 2.32. The first kappa shape index (κ1) is 15.3. The molecule has 0 saturated carbocycles. The van der Waals surface area contributed by atoms with Crippen LogP contribution < -0.4 is 0 Å². The molecule has 23 heavy (non-hydrogen) atoms. The Bertz CT molecular complexity index is 736. The maximum Gasteiger partial charge on any atom is 0.122 e. The highest BCUT2D eigenvalue weighted by atomic mass is 16.3. The molecule has 1 heterocycles. The Kier molecular flexibility index (Phi) is 4.40.